The molecule has 3 rings (SSSR count). The molecule has 1 amide bonds. The molecule has 0 aliphatic carbocycles. The molecule has 21 heavy (non-hydrogen) atoms. The van der Waals surface area contributed by atoms with Crippen molar-refractivity contribution in [1.29, 1.82) is 0 Å². The monoisotopic (exact) mass is 288 g/mol. The second-order valence-electron chi connectivity index (χ2n) is 6.38. The molecule has 2 aliphatic rings. The van der Waals surface area contributed by atoms with Gasteiger partial charge in [0.15, 0.2) is 0 Å². The Morgan fingerprint density at radius 1 is 1.38 bits per heavy atom. The number of aromatic nitrogens is 2. The third-order valence-corrected chi connectivity index (χ3v) is 4.85. The number of rotatable bonds is 2. The minimum absolute atomic E-state index is 0.141. The molecule has 114 valence electrons. The van der Waals surface area contributed by atoms with Crippen molar-refractivity contribution in [3.8, 4) is 0 Å². The first-order valence-electron chi connectivity index (χ1n) is 7.93. The predicted molar refractivity (Wildman–Crippen MR) is 81.2 cm³/mol. The summed E-state index contributed by atoms with van der Waals surface area (Å²) in [7, 11) is 2.15. The third kappa shape index (κ3) is 2.67. The Labute approximate surface area is 126 Å². The largest absolute Gasteiger partial charge is 0.334 e. The standard InChI is InChI=1S/C16H24N4O/c1-4-13-8-14(11(2)17-18-13)16(21)20-7-5-6-12-9-19(3)10-15(12)20/h8,12,15H,4-7,9-10H2,1-3H3/t12-,15+/m0/s1. The number of nitrogens with zero attached hydrogens (tertiary/aromatic N) is 4. The first-order valence-corrected chi connectivity index (χ1v) is 7.93. The third-order valence-electron chi connectivity index (χ3n) is 4.85. The zero-order valence-electron chi connectivity index (χ0n) is 13.2. The van der Waals surface area contributed by atoms with Crippen LogP contribution in [-0.2, 0) is 6.42 Å². The minimum atomic E-state index is 0.141. The molecule has 1 aromatic rings. The van der Waals surface area contributed by atoms with Crippen LogP contribution in [0.1, 0.15) is 41.5 Å². The summed E-state index contributed by atoms with van der Waals surface area (Å²) < 4.78 is 0. The van der Waals surface area contributed by atoms with Crippen molar-refractivity contribution in [2.24, 2.45) is 5.92 Å². The number of amides is 1. The van der Waals surface area contributed by atoms with Gasteiger partial charge in [-0.05, 0) is 45.2 Å². The number of aryl methyl sites for hydroxylation is 2. The lowest BCUT2D eigenvalue weighted by molar-refractivity contribution is 0.0570. The quantitative estimate of drug-likeness (QED) is 0.828. The van der Waals surface area contributed by atoms with Crippen molar-refractivity contribution in [3.63, 3.8) is 0 Å². The van der Waals surface area contributed by atoms with Gasteiger partial charge in [0.25, 0.3) is 5.91 Å². The van der Waals surface area contributed by atoms with E-state index in [-0.39, 0.29) is 5.91 Å². The Hall–Kier alpha value is -1.49. The highest BCUT2D eigenvalue weighted by atomic mass is 16.2. The van der Waals surface area contributed by atoms with Crippen LogP contribution in [0.5, 0.6) is 0 Å². The number of likely N-dealkylation sites (N-methyl/N-ethyl adjacent to an activating group) is 1. The van der Waals surface area contributed by atoms with Gasteiger partial charge in [-0.3, -0.25) is 4.79 Å². The van der Waals surface area contributed by atoms with Crippen LogP contribution in [0.25, 0.3) is 0 Å². The molecule has 0 aromatic carbocycles. The summed E-state index contributed by atoms with van der Waals surface area (Å²) in [6, 6.07) is 2.29. The van der Waals surface area contributed by atoms with Gasteiger partial charge in [-0.25, -0.2) is 0 Å². The van der Waals surface area contributed by atoms with E-state index < -0.39 is 0 Å². The molecule has 0 N–H and O–H groups in total. The van der Waals surface area contributed by atoms with Crippen molar-refractivity contribution >= 4 is 5.91 Å². The lowest BCUT2D eigenvalue weighted by Gasteiger charge is -2.37. The van der Waals surface area contributed by atoms with E-state index in [1.165, 1.54) is 6.42 Å². The number of piperidine rings is 1. The van der Waals surface area contributed by atoms with Crippen LogP contribution in [0, 0.1) is 12.8 Å². The van der Waals surface area contributed by atoms with Gasteiger partial charge in [-0.1, -0.05) is 6.92 Å². The molecule has 0 radical (unpaired) electrons. The fourth-order valence-corrected chi connectivity index (χ4v) is 3.68. The van der Waals surface area contributed by atoms with Crippen molar-refractivity contribution in [3.05, 3.63) is 23.0 Å². The van der Waals surface area contributed by atoms with E-state index in [4.69, 9.17) is 0 Å². The fraction of sp³-hybridized carbons (Fsp3) is 0.688. The number of hydrogen-bond acceptors (Lipinski definition) is 4. The summed E-state index contributed by atoms with van der Waals surface area (Å²) in [5.41, 5.74) is 2.36. The highest BCUT2D eigenvalue weighted by Crippen LogP contribution is 2.31. The van der Waals surface area contributed by atoms with E-state index in [2.05, 4.69) is 27.0 Å². The molecule has 2 atom stereocenters. The molecule has 3 heterocycles. The molecule has 0 bridgehead atoms. The van der Waals surface area contributed by atoms with Crippen LogP contribution in [0.2, 0.25) is 0 Å². The van der Waals surface area contributed by atoms with Gasteiger partial charge in [0, 0.05) is 25.7 Å². The Morgan fingerprint density at radius 3 is 2.95 bits per heavy atom. The van der Waals surface area contributed by atoms with Gasteiger partial charge >= 0.3 is 0 Å². The molecular weight excluding hydrogens is 264 g/mol. The molecule has 5 nitrogen and oxygen atoms in total. The molecule has 0 saturated carbocycles. The second kappa shape index (κ2) is 5.72. The molecule has 0 unspecified atom stereocenters. The minimum Gasteiger partial charge on any atom is -0.334 e. The molecule has 2 fully saturated rings. The summed E-state index contributed by atoms with van der Waals surface area (Å²) in [5.74, 6) is 0.774. The van der Waals surface area contributed by atoms with Crippen molar-refractivity contribution in [1.82, 2.24) is 20.0 Å². The first kappa shape index (κ1) is 14.4. The normalized spacial score (nSPS) is 26.0. The lowest BCUT2D eigenvalue weighted by atomic mass is 9.91. The Bertz CT molecular complexity index is 545. The van der Waals surface area contributed by atoms with Crippen LogP contribution in [-0.4, -0.2) is 58.6 Å². The zero-order valence-corrected chi connectivity index (χ0v) is 13.2. The molecule has 2 saturated heterocycles. The lowest BCUT2D eigenvalue weighted by Crippen LogP contribution is -2.48. The maximum Gasteiger partial charge on any atom is 0.256 e. The van der Waals surface area contributed by atoms with Crippen LogP contribution in [0.4, 0.5) is 0 Å². The first-order chi connectivity index (χ1) is 10.1. The Kier molecular flexibility index (Phi) is 3.93. The summed E-state index contributed by atoms with van der Waals surface area (Å²) in [6.45, 7) is 6.90. The Balaban J connectivity index is 1.87. The van der Waals surface area contributed by atoms with Crippen molar-refractivity contribution < 1.29 is 4.79 Å². The molecule has 0 spiro atoms. The molecule has 1 aromatic heterocycles. The van der Waals surface area contributed by atoms with E-state index >= 15 is 0 Å². The van der Waals surface area contributed by atoms with E-state index in [9.17, 15) is 4.79 Å². The SMILES string of the molecule is CCc1cc(C(=O)N2CCC[C@H]3CN(C)C[C@H]32)c(C)nn1. The van der Waals surface area contributed by atoms with Crippen LogP contribution >= 0.6 is 0 Å². The fourth-order valence-electron chi connectivity index (χ4n) is 3.68. The van der Waals surface area contributed by atoms with Gasteiger partial charge in [-0.15, -0.1) is 0 Å². The maximum atomic E-state index is 13.0. The van der Waals surface area contributed by atoms with Crippen LogP contribution in [0.15, 0.2) is 6.07 Å². The van der Waals surface area contributed by atoms with E-state index in [0.29, 0.717) is 12.0 Å². The predicted octanol–water partition coefficient (Wildman–Crippen LogP) is 1.51. The summed E-state index contributed by atoms with van der Waals surface area (Å²) in [4.78, 5) is 17.4. The zero-order chi connectivity index (χ0) is 15.0. The smallest absolute Gasteiger partial charge is 0.256 e. The van der Waals surface area contributed by atoms with Crippen molar-refractivity contribution in [2.75, 3.05) is 26.7 Å². The Morgan fingerprint density at radius 2 is 2.19 bits per heavy atom. The number of hydrogen-bond donors (Lipinski definition) is 0. The van der Waals surface area contributed by atoms with Crippen molar-refractivity contribution in [2.45, 2.75) is 39.2 Å². The van der Waals surface area contributed by atoms with Crippen LogP contribution < -0.4 is 0 Å². The average Bonchev–Trinajstić information content (AvgIpc) is 2.87. The second-order valence-corrected chi connectivity index (χ2v) is 6.38. The maximum absolute atomic E-state index is 13.0. The van der Waals surface area contributed by atoms with Gasteiger partial charge in [-0.2, -0.15) is 10.2 Å². The number of carbonyl (C=O) groups excluding carboxylic acids is 1. The van der Waals surface area contributed by atoms with Gasteiger partial charge in [0.2, 0.25) is 0 Å². The average molecular weight is 288 g/mol. The molecular formula is C16H24N4O. The van der Waals surface area contributed by atoms with Gasteiger partial charge in [0.1, 0.15) is 0 Å². The number of fused-ring (bicyclic) bond motifs is 1. The highest BCUT2D eigenvalue weighted by molar-refractivity contribution is 5.95. The summed E-state index contributed by atoms with van der Waals surface area (Å²) >= 11 is 0. The van der Waals surface area contributed by atoms with Crippen LogP contribution in [0.3, 0.4) is 0 Å². The summed E-state index contributed by atoms with van der Waals surface area (Å²) in [5, 5.41) is 8.29. The van der Waals surface area contributed by atoms with Gasteiger partial charge in [0.05, 0.1) is 17.0 Å². The van der Waals surface area contributed by atoms with E-state index in [0.717, 1.165) is 49.4 Å². The topological polar surface area (TPSA) is 49.3 Å². The highest BCUT2D eigenvalue weighted by Gasteiger charge is 2.40. The molecule has 2 aliphatic heterocycles. The van der Waals surface area contributed by atoms with Gasteiger partial charge < -0.3 is 9.80 Å². The number of carbonyl (C=O) groups is 1. The summed E-state index contributed by atoms with van der Waals surface area (Å²) in [6.07, 6.45) is 3.16. The van der Waals surface area contributed by atoms with E-state index in [1.807, 2.05) is 19.9 Å². The molecule has 5 heteroatoms. The van der Waals surface area contributed by atoms with E-state index in [1.54, 1.807) is 0 Å². The number of likely N-dealkylation sites (tertiary alicyclic amines) is 2.